The van der Waals surface area contributed by atoms with E-state index in [0.717, 1.165) is 19.6 Å². The van der Waals surface area contributed by atoms with Gasteiger partial charge in [0.1, 0.15) is 0 Å². The predicted octanol–water partition coefficient (Wildman–Crippen LogP) is 4.20. The highest BCUT2D eigenvalue weighted by Gasteiger charge is 2.25. The van der Waals surface area contributed by atoms with Crippen molar-refractivity contribution in [2.24, 2.45) is 0 Å². The maximum atomic E-state index is 3.25. The molecule has 3 heteroatoms. The maximum Gasteiger partial charge on any atom is 0.0345 e. The van der Waals surface area contributed by atoms with Gasteiger partial charge in [-0.25, -0.2) is 0 Å². The Balaban J connectivity index is 1.77. The summed E-state index contributed by atoms with van der Waals surface area (Å²) in [6.07, 6.45) is 0. The zero-order valence-electron chi connectivity index (χ0n) is 13.7. The molecule has 4 rings (SSSR count). The average Bonchev–Trinajstić information content (AvgIpc) is 3.01. The molecule has 1 aliphatic rings. The van der Waals surface area contributed by atoms with Crippen LogP contribution in [-0.4, -0.2) is 25.5 Å². The Morgan fingerprint density at radius 3 is 2.96 bits per heavy atom. The third-order valence-corrected chi connectivity index (χ3v) is 5.66. The summed E-state index contributed by atoms with van der Waals surface area (Å²) >= 11 is 1.83. The highest BCUT2D eigenvalue weighted by molar-refractivity contribution is 7.17. The number of nitrogens with one attached hydrogen (secondary N) is 1. The molecule has 1 unspecified atom stereocenters. The van der Waals surface area contributed by atoms with Crippen LogP contribution in [0.3, 0.4) is 0 Å². The third-order valence-electron chi connectivity index (χ3n) is 4.78. The molecule has 2 heterocycles. The van der Waals surface area contributed by atoms with E-state index in [1.807, 2.05) is 18.4 Å². The fourth-order valence-corrected chi connectivity index (χ4v) is 4.53. The van der Waals surface area contributed by atoms with Crippen molar-refractivity contribution in [2.45, 2.75) is 19.0 Å². The van der Waals surface area contributed by atoms with E-state index >= 15 is 0 Å². The molecule has 0 radical (unpaired) electrons. The van der Waals surface area contributed by atoms with Gasteiger partial charge in [-0.1, -0.05) is 30.3 Å². The van der Waals surface area contributed by atoms with E-state index in [4.69, 9.17) is 0 Å². The van der Waals surface area contributed by atoms with Gasteiger partial charge in [0, 0.05) is 30.3 Å². The molecule has 1 aliphatic heterocycles. The highest BCUT2D eigenvalue weighted by atomic mass is 32.1. The smallest absolute Gasteiger partial charge is 0.0345 e. The molecule has 0 aliphatic carbocycles. The largest absolute Gasteiger partial charge is 0.316 e. The quantitative estimate of drug-likeness (QED) is 0.777. The van der Waals surface area contributed by atoms with Gasteiger partial charge in [0.05, 0.1) is 0 Å². The second kappa shape index (κ2) is 6.08. The molecule has 1 N–H and O–H groups in total. The molecule has 0 spiro atoms. The SMILES string of the molecule is CNCc1ccc2c(c1)CN(C)CC2c1ccc2ccsc2c1. The molecule has 0 saturated heterocycles. The van der Waals surface area contributed by atoms with Crippen LogP contribution >= 0.6 is 11.3 Å². The van der Waals surface area contributed by atoms with Crippen molar-refractivity contribution in [2.75, 3.05) is 20.6 Å². The Bertz CT molecular complexity index is 837. The lowest BCUT2D eigenvalue weighted by molar-refractivity contribution is 0.295. The first kappa shape index (κ1) is 14.9. The van der Waals surface area contributed by atoms with Crippen molar-refractivity contribution < 1.29 is 0 Å². The van der Waals surface area contributed by atoms with Crippen molar-refractivity contribution in [3.8, 4) is 0 Å². The Morgan fingerprint density at radius 2 is 2.09 bits per heavy atom. The van der Waals surface area contributed by atoms with Gasteiger partial charge in [-0.05, 0) is 59.2 Å². The first-order valence-corrected chi connectivity index (χ1v) is 9.04. The van der Waals surface area contributed by atoms with Crippen LogP contribution in [0.5, 0.6) is 0 Å². The number of hydrogen-bond acceptors (Lipinski definition) is 3. The maximum absolute atomic E-state index is 3.25. The van der Waals surface area contributed by atoms with E-state index in [1.54, 1.807) is 0 Å². The lowest BCUT2D eigenvalue weighted by Crippen LogP contribution is -2.31. The van der Waals surface area contributed by atoms with Crippen LogP contribution in [0.25, 0.3) is 10.1 Å². The summed E-state index contributed by atoms with van der Waals surface area (Å²) in [5.74, 6) is 0.471. The van der Waals surface area contributed by atoms with E-state index in [-0.39, 0.29) is 0 Å². The number of rotatable bonds is 3. The summed E-state index contributed by atoms with van der Waals surface area (Å²) in [4.78, 5) is 2.44. The molecule has 1 aromatic heterocycles. The molecule has 23 heavy (non-hydrogen) atoms. The standard InChI is InChI=1S/C20H22N2S/c1-21-11-14-3-6-18-17(9-14)12-22(2)13-19(18)16-5-4-15-7-8-23-20(15)10-16/h3-10,19,21H,11-13H2,1-2H3. The number of likely N-dealkylation sites (N-methyl/N-ethyl adjacent to an activating group) is 1. The minimum Gasteiger partial charge on any atom is -0.316 e. The highest BCUT2D eigenvalue weighted by Crippen LogP contribution is 2.35. The average molecular weight is 322 g/mol. The summed E-state index contributed by atoms with van der Waals surface area (Å²) in [5.41, 5.74) is 5.78. The zero-order valence-corrected chi connectivity index (χ0v) is 14.5. The van der Waals surface area contributed by atoms with E-state index in [0.29, 0.717) is 5.92 Å². The van der Waals surface area contributed by atoms with Crippen LogP contribution < -0.4 is 5.32 Å². The molecule has 118 valence electrons. The fraction of sp³-hybridized carbons (Fsp3) is 0.300. The summed E-state index contributed by atoms with van der Waals surface area (Å²) in [5, 5.41) is 6.78. The fourth-order valence-electron chi connectivity index (χ4n) is 3.69. The van der Waals surface area contributed by atoms with Gasteiger partial charge in [-0.3, -0.25) is 0 Å². The van der Waals surface area contributed by atoms with Crippen molar-refractivity contribution >= 4 is 21.4 Å². The first-order valence-electron chi connectivity index (χ1n) is 8.16. The number of hydrogen-bond donors (Lipinski definition) is 1. The molecular weight excluding hydrogens is 300 g/mol. The topological polar surface area (TPSA) is 15.3 Å². The second-order valence-corrected chi connectivity index (χ2v) is 7.48. The van der Waals surface area contributed by atoms with Gasteiger partial charge in [0.15, 0.2) is 0 Å². The Morgan fingerprint density at radius 1 is 1.17 bits per heavy atom. The number of benzene rings is 2. The van der Waals surface area contributed by atoms with Crippen molar-refractivity contribution in [3.05, 3.63) is 70.1 Å². The summed E-state index contributed by atoms with van der Waals surface area (Å²) in [6.45, 7) is 3.07. The van der Waals surface area contributed by atoms with Gasteiger partial charge in [0.25, 0.3) is 0 Å². The molecule has 1 atom stereocenters. The molecule has 3 aromatic rings. The van der Waals surface area contributed by atoms with Crippen LogP contribution in [0.15, 0.2) is 47.8 Å². The number of fused-ring (bicyclic) bond motifs is 2. The van der Waals surface area contributed by atoms with Crippen LogP contribution in [0.4, 0.5) is 0 Å². The minimum atomic E-state index is 0.471. The number of nitrogens with zero attached hydrogens (tertiary/aromatic N) is 1. The van der Waals surface area contributed by atoms with Crippen LogP contribution in [0.2, 0.25) is 0 Å². The van der Waals surface area contributed by atoms with Gasteiger partial charge < -0.3 is 10.2 Å². The van der Waals surface area contributed by atoms with Gasteiger partial charge >= 0.3 is 0 Å². The Labute approximate surface area is 141 Å². The van der Waals surface area contributed by atoms with Crippen LogP contribution in [-0.2, 0) is 13.1 Å². The van der Waals surface area contributed by atoms with Gasteiger partial charge in [-0.2, -0.15) is 0 Å². The lowest BCUT2D eigenvalue weighted by Gasteiger charge is -2.33. The molecule has 0 amide bonds. The first-order chi connectivity index (χ1) is 11.2. The Kier molecular flexibility index (Phi) is 3.93. The molecule has 0 saturated carbocycles. The molecule has 0 bridgehead atoms. The molecule has 0 fully saturated rings. The molecule has 2 nitrogen and oxygen atoms in total. The van der Waals surface area contributed by atoms with E-state index in [9.17, 15) is 0 Å². The summed E-state index contributed by atoms with van der Waals surface area (Å²) in [6, 6.07) is 16.2. The second-order valence-electron chi connectivity index (χ2n) is 6.53. The van der Waals surface area contributed by atoms with Crippen LogP contribution in [0.1, 0.15) is 28.2 Å². The molecule has 2 aromatic carbocycles. The van der Waals surface area contributed by atoms with Gasteiger partial charge in [-0.15, -0.1) is 11.3 Å². The summed E-state index contributed by atoms with van der Waals surface area (Å²) < 4.78 is 1.39. The zero-order chi connectivity index (χ0) is 15.8. The van der Waals surface area contributed by atoms with Gasteiger partial charge in [0.2, 0.25) is 0 Å². The van der Waals surface area contributed by atoms with Crippen LogP contribution in [0, 0.1) is 0 Å². The lowest BCUT2D eigenvalue weighted by atomic mass is 9.84. The van der Waals surface area contributed by atoms with Crippen molar-refractivity contribution in [1.82, 2.24) is 10.2 Å². The van der Waals surface area contributed by atoms with E-state index in [2.05, 4.69) is 65.1 Å². The monoisotopic (exact) mass is 322 g/mol. The molecular formula is C20H22N2S. The predicted molar refractivity (Wildman–Crippen MR) is 99.2 cm³/mol. The minimum absolute atomic E-state index is 0.471. The summed E-state index contributed by atoms with van der Waals surface area (Å²) in [7, 11) is 4.23. The third kappa shape index (κ3) is 2.80. The number of thiophene rings is 1. The van der Waals surface area contributed by atoms with E-state index in [1.165, 1.54) is 32.3 Å². The van der Waals surface area contributed by atoms with E-state index < -0.39 is 0 Å². The Hall–Kier alpha value is -1.68. The van der Waals surface area contributed by atoms with Crippen molar-refractivity contribution in [1.29, 1.82) is 0 Å². The normalized spacial score (nSPS) is 18.3. The van der Waals surface area contributed by atoms with Crippen molar-refractivity contribution in [3.63, 3.8) is 0 Å².